The first-order chi connectivity index (χ1) is 9.54. The molecule has 0 aliphatic carbocycles. The predicted octanol–water partition coefficient (Wildman–Crippen LogP) is 4.14. The minimum absolute atomic E-state index is 0.265. The van der Waals surface area contributed by atoms with Gasteiger partial charge in [-0.25, -0.2) is 9.18 Å². The van der Waals surface area contributed by atoms with Gasteiger partial charge in [0.1, 0.15) is 11.4 Å². The lowest BCUT2D eigenvalue weighted by molar-refractivity contribution is 0.0693. The van der Waals surface area contributed by atoms with Crippen molar-refractivity contribution in [2.45, 2.75) is 20.3 Å². The monoisotopic (exact) mass is 273 g/mol. The first-order valence-corrected chi connectivity index (χ1v) is 6.42. The number of carboxylic acids is 1. The molecular formula is C16H16FNO2. The molecule has 0 aliphatic rings. The standard InChI is InChI=1S/C16H16FNO2/c1-3-11-7-4-6-10(2)15(11)18-13-9-5-8-12(17)14(13)16(19)20/h4-9,18H,3H2,1-2H3,(H,19,20). The van der Waals surface area contributed by atoms with E-state index in [1.165, 1.54) is 6.07 Å². The number of hydrogen-bond acceptors (Lipinski definition) is 2. The van der Waals surface area contributed by atoms with Gasteiger partial charge < -0.3 is 10.4 Å². The summed E-state index contributed by atoms with van der Waals surface area (Å²) in [7, 11) is 0. The van der Waals surface area contributed by atoms with Gasteiger partial charge in [0, 0.05) is 5.69 Å². The van der Waals surface area contributed by atoms with Gasteiger partial charge in [0.25, 0.3) is 0 Å². The van der Waals surface area contributed by atoms with Gasteiger partial charge in [0.2, 0.25) is 0 Å². The summed E-state index contributed by atoms with van der Waals surface area (Å²) < 4.78 is 13.7. The fourth-order valence-corrected chi connectivity index (χ4v) is 2.18. The van der Waals surface area contributed by atoms with E-state index in [2.05, 4.69) is 5.32 Å². The molecule has 2 aromatic rings. The van der Waals surface area contributed by atoms with Crippen LogP contribution in [-0.2, 0) is 6.42 Å². The number of halogens is 1. The van der Waals surface area contributed by atoms with Crippen molar-refractivity contribution in [1.29, 1.82) is 0 Å². The SMILES string of the molecule is CCc1cccc(C)c1Nc1cccc(F)c1C(=O)O. The van der Waals surface area contributed by atoms with E-state index >= 15 is 0 Å². The van der Waals surface area contributed by atoms with Crippen molar-refractivity contribution in [1.82, 2.24) is 0 Å². The molecule has 0 bridgehead atoms. The number of hydrogen-bond donors (Lipinski definition) is 2. The molecule has 0 fully saturated rings. The lowest BCUT2D eigenvalue weighted by Crippen LogP contribution is -2.07. The van der Waals surface area contributed by atoms with Crippen LogP contribution in [0.15, 0.2) is 36.4 Å². The number of rotatable bonds is 4. The average molecular weight is 273 g/mol. The Balaban J connectivity index is 2.51. The third-order valence-electron chi connectivity index (χ3n) is 3.23. The zero-order valence-electron chi connectivity index (χ0n) is 11.4. The molecule has 2 aromatic carbocycles. The Morgan fingerprint density at radius 1 is 1.25 bits per heavy atom. The van der Waals surface area contributed by atoms with Gasteiger partial charge >= 0.3 is 5.97 Å². The number of benzene rings is 2. The highest BCUT2D eigenvalue weighted by Gasteiger charge is 2.16. The van der Waals surface area contributed by atoms with E-state index in [0.717, 1.165) is 29.3 Å². The number of aromatic carboxylic acids is 1. The van der Waals surface area contributed by atoms with Crippen molar-refractivity contribution in [3.8, 4) is 0 Å². The largest absolute Gasteiger partial charge is 0.478 e. The second-order valence-electron chi connectivity index (χ2n) is 4.56. The highest BCUT2D eigenvalue weighted by atomic mass is 19.1. The number of nitrogens with one attached hydrogen (secondary N) is 1. The van der Waals surface area contributed by atoms with Gasteiger partial charge in [-0.15, -0.1) is 0 Å². The van der Waals surface area contributed by atoms with Crippen LogP contribution in [-0.4, -0.2) is 11.1 Å². The van der Waals surface area contributed by atoms with E-state index in [4.69, 9.17) is 5.11 Å². The van der Waals surface area contributed by atoms with Crippen LogP contribution < -0.4 is 5.32 Å². The summed E-state index contributed by atoms with van der Waals surface area (Å²) in [4.78, 5) is 11.2. The zero-order valence-corrected chi connectivity index (χ0v) is 11.4. The van der Waals surface area contributed by atoms with Crippen LogP contribution >= 0.6 is 0 Å². The second-order valence-corrected chi connectivity index (χ2v) is 4.56. The normalized spacial score (nSPS) is 10.3. The van der Waals surface area contributed by atoms with Gasteiger partial charge in [-0.3, -0.25) is 0 Å². The summed E-state index contributed by atoms with van der Waals surface area (Å²) in [6.07, 6.45) is 0.807. The van der Waals surface area contributed by atoms with Crippen LogP contribution in [0.2, 0.25) is 0 Å². The van der Waals surface area contributed by atoms with E-state index < -0.39 is 11.8 Å². The van der Waals surface area contributed by atoms with Gasteiger partial charge in [0.05, 0.1) is 5.69 Å². The summed E-state index contributed by atoms with van der Waals surface area (Å²) in [5.74, 6) is -2.02. The van der Waals surface area contributed by atoms with Gasteiger partial charge in [-0.2, -0.15) is 0 Å². The lowest BCUT2D eigenvalue weighted by atomic mass is 10.0. The summed E-state index contributed by atoms with van der Waals surface area (Å²) in [5.41, 5.74) is 2.82. The highest BCUT2D eigenvalue weighted by molar-refractivity contribution is 5.95. The topological polar surface area (TPSA) is 49.3 Å². The molecule has 2 rings (SSSR count). The molecule has 3 nitrogen and oxygen atoms in total. The first kappa shape index (κ1) is 14.1. The summed E-state index contributed by atoms with van der Waals surface area (Å²) in [6, 6.07) is 10.1. The summed E-state index contributed by atoms with van der Waals surface area (Å²) >= 11 is 0. The number of carbonyl (C=O) groups is 1. The van der Waals surface area contributed by atoms with E-state index in [-0.39, 0.29) is 11.3 Å². The van der Waals surface area contributed by atoms with Crippen molar-refractivity contribution in [3.05, 3.63) is 58.9 Å². The molecule has 0 spiro atoms. The van der Waals surface area contributed by atoms with Crippen LogP contribution in [0.4, 0.5) is 15.8 Å². The first-order valence-electron chi connectivity index (χ1n) is 6.42. The van der Waals surface area contributed by atoms with Crippen LogP contribution in [0, 0.1) is 12.7 Å². The van der Waals surface area contributed by atoms with Crippen molar-refractivity contribution < 1.29 is 14.3 Å². The average Bonchev–Trinajstić information content (AvgIpc) is 2.40. The quantitative estimate of drug-likeness (QED) is 0.880. The van der Waals surface area contributed by atoms with Crippen molar-refractivity contribution in [2.75, 3.05) is 5.32 Å². The fraction of sp³-hybridized carbons (Fsp3) is 0.188. The van der Waals surface area contributed by atoms with E-state index in [0.29, 0.717) is 0 Å². The van der Waals surface area contributed by atoms with Crippen molar-refractivity contribution in [3.63, 3.8) is 0 Å². The highest BCUT2D eigenvalue weighted by Crippen LogP contribution is 2.28. The molecule has 0 heterocycles. The van der Waals surface area contributed by atoms with E-state index in [1.54, 1.807) is 6.07 Å². The Bertz CT molecular complexity index is 653. The maximum absolute atomic E-state index is 13.7. The molecule has 0 atom stereocenters. The molecule has 0 unspecified atom stereocenters. The second kappa shape index (κ2) is 5.74. The molecule has 0 radical (unpaired) electrons. The van der Waals surface area contributed by atoms with Crippen molar-refractivity contribution in [2.24, 2.45) is 0 Å². The van der Waals surface area contributed by atoms with E-state index in [9.17, 15) is 9.18 Å². The third kappa shape index (κ3) is 2.64. The maximum Gasteiger partial charge on any atom is 0.340 e. The fourth-order valence-electron chi connectivity index (χ4n) is 2.18. The molecule has 0 saturated heterocycles. The summed E-state index contributed by atoms with van der Waals surface area (Å²) in [6.45, 7) is 3.95. The minimum Gasteiger partial charge on any atom is -0.478 e. The molecule has 104 valence electrons. The van der Waals surface area contributed by atoms with Crippen LogP contribution in [0.25, 0.3) is 0 Å². The lowest BCUT2D eigenvalue weighted by Gasteiger charge is -2.15. The number of anilines is 2. The van der Waals surface area contributed by atoms with Crippen LogP contribution in [0.3, 0.4) is 0 Å². The molecule has 0 aromatic heterocycles. The Morgan fingerprint density at radius 2 is 1.95 bits per heavy atom. The predicted molar refractivity (Wildman–Crippen MR) is 77.2 cm³/mol. The molecule has 0 aliphatic heterocycles. The number of aryl methyl sites for hydroxylation is 2. The molecule has 0 saturated carbocycles. The van der Waals surface area contributed by atoms with Crippen LogP contribution in [0.5, 0.6) is 0 Å². The number of carboxylic acid groups (broad SMARTS) is 1. The minimum atomic E-state index is -1.28. The Morgan fingerprint density at radius 3 is 2.60 bits per heavy atom. The molecular weight excluding hydrogens is 257 g/mol. The summed E-state index contributed by atoms with van der Waals surface area (Å²) in [5, 5.41) is 12.2. The molecule has 0 amide bonds. The van der Waals surface area contributed by atoms with Crippen LogP contribution in [0.1, 0.15) is 28.4 Å². The molecule has 4 heteroatoms. The smallest absolute Gasteiger partial charge is 0.340 e. The molecule has 2 N–H and O–H groups in total. The molecule has 20 heavy (non-hydrogen) atoms. The van der Waals surface area contributed by atoms with E-state index in [1.807, 2.05) is 32.0 Å². The zero-order chi connectivity index (χ0) is 14.7. The Labute approximate surface area is 117 Å². The Kier molecular flexibility index (Phi) is 4.03. The van der Waals surface area contributed by atoms with Gasteiger partial charge in [-0.1, -0.05) is 31.2 Å². The van der Waals surface area contributed by atoms with Crippen molar-refractivity contribution >= 4 is 17.3 Å². The van der Waals surface area contributed by atoms with Gasteiger partial charge in [0.15, 0.2) is 0 Å². The maximum atomic E-state index is 13.7. The van der Waals surface area contributed by atoms with Gasteiger partial charge in [-0.05, 0) is 36.6 Å². The third-order valence-corrected chi connectivity index (χ3v) is 3.23. The Hall–Kier alpha value is -2.36. The number of para-hydroxylation sites is 1.